The third kappa shape index (κ3) is 1.37. The maximum Gasteiger partial charge on any atom is 0.136 e. The van der Waals surface area contributed by atoms with Crippen molar-refractivity contribution >= 4 is 11.8 Å². The van der Waals surface area contributed by atoms with Gasteiger partial charge in [0.05, 0.1) is 11.5 Å². The molecule has 0 aromatic heterocycles. The van der Waals surface area contributed by atoms with Crippen molar-refractivity contribution < 1.29 is 9.84 Å². The van der Waals surface area contributed by atoms with E-state index in [9.17, 15) is 5.11 Å². The summed E-state index contributed by atoms with van der Waals surface area (Å²) in [6, 6.07) is 1.76. The summed E-state index contributed by atoms with van der Waals surface area (Å²) < 4.78 is 5.56. The Hall–Kier alpha value is -0.830. The van der Waals surface area contributed by atoms with Crippen molar-refractivity contribution in [3.05, 3.63) is 17.2 Å². The molecule has 0 saturated heterocycles. The average Bonchev–Trinajstić information content (AvgIpc) is 2.15. The Morgan fingerprint density at radius 2 is 2.23 bits per heavy atom. The molecule has 70 valence electrons. The molecule has 2 nitrogen and oxygen atoms in total. The van der Waals surface area contributed by atoms with E-state index in [0.29, 0.717) is 5.75 Å². The van der Waals surface area contributed by atoms with Gasteiger partial charge in [0.15, 0.2) is 0 Å². The Morgan fingerprint density at radius 1 is 1.46 bits per heavy atom. The number of fused-ring (bicyclic) bond motifs is 1. The van der Waals surface area contributed by atoms with Gasteiger partial charge in [-0.3, -0.25) is 0 Å². The minimum Gasteiger partial charge on any atom is -0.508 e. The Morgan fingerprint density at radius 3 is 3.00 bits per heavy atom. The van der Waals surface area contributed by atoms with Crippen LogP contribution in [0.4, 0.5) is 0 Å². The van der Waals surface area contributed by atoms with Gasteiger partial charge in [-0.2, -0.15) is 0 Å². The largest absolute Gasteiger partial charge is 0.508 e. The normalized spacial score (nSPS) is 14.9. The summed E-state index contributed by atoms with van der Waals surface area (Å²) in [4.78, 5) is 1.10. The number of phenols is 1. The van der Waals surface area contributed by atoms with Crippen molar-refractivity contribution in [3.63, 3.8) is 0 Å². The third-order valence-corrected chi connectivity index (χ3v) is 3.37. The molecule has 0 spiro atoms. The van der Waals surface area contributed by atoms with Gasteiger partial charge >= 0.3 is 0 Å². The van der Waals surface area contributed by atoms with Gasteiger partial charge in [0.1, 0.15) is 11.5 Å². The Labute approximate surface area is 81.9 Å². The smallest absolute Gasteiger partial charge is 0.136 e. The predicted molar refractivity (Wildman–Crippen MR) is 53.8 cm³/mol. The molecular weight excluding hydrogens is 184 g/mol. The van der Waals surface area contributed by atoms with E-state index >= 15 is 0 Å². The SMILES string of the molecule is Cc1cc(O)c(C)c2c1OCCS2. The molecule has 1 heterocycles. The lowest BCUT2D eigenvalue weighted by molar-refractivity contribution is 0.325. The molecule has 1 N–H and O–H groups in total. The lowest BCUT2D eigenvalue weighted by Crippen LogP contribution is -2.08. The van der Waals surface area contributed by atoms with E-state index in [4.69, 9.17) is 4.74 Å². The summed E-state index contributed by atoms with van der Waals surface area (Å²) >= 11 is 1.76. The van der Waals surface area contributed by atoms with Crippen LogP contribution in [0.5, 0.6) is 11.5 Å². The highest BCUT2D eigenvalue weighted by molar-refractivity contribution is 7.99. The zero-order chi connectivity index (χ0) is 9.42. The highest BCUT2D eigenvalue weighted by Crippen LogP contribution is 2.41. The van der Waals surface area contributed by atoms with Gasteiger partial charge < -0.3 is 9.84 Å². The molecule has 0 unspecified atom stereocenters. The predicted octanol–water partition coefficient (Wildman–Crippen LogP) is 2.49. The van der Waals surface area contributed by atoms with E-state index in [2.05, 4.69) is 0 Å². The number of aryl methyl sites for hydroxylation is 1. The van der Waals surface area contributed by atoms with Crippen LogP contribution in [-0.2, 0) is 0 Å². The van der Waals surface area contributed by atoms with Gasteiger partial charge in [0.25, 0.3) is 0 Å². The minimum atomic E-state index is 0.370. The number of aromatic hydroxyl groups is 1. The molecule has 0 atom stereocenters. The number of rotatable bonds is 0. The van der Waals surface area contributed by atoms with Crippen LogP contribution in [-0.4, -0.2) is 17.5 Å². The first-order chi connectivity index (χ1) is 6.20. The molecular formula is C10H12O2S. The molecule has 1 aromatic carbocycles. The van der Waals surface area contributed by atoms with Gasteiger partial charge in [-0.25, -0.2) is 0 Å². The monoisotopic (exact) mass is 196 g/mol. The number of thioether (sulfide) groups is 1. The fraction of sp³-hybridized carbons (Fsp3) is 0.400. The van der Waals surface area contributed by atoms with Crippen LogP contribution < -0.4 is 4.74 Å². The molecule has 0 aliphatic carbocycles. The Bertz CT molecular complexity index is 347. The number of benzene rings is 1. The molecule has 0 amide bonds. The molecule has 2 rings (SSSR count). The van der Waals surface area contributed by atoms with Crippen LogP contribution in [0.2, 0.25) is 0 Å². The van der Waals surface area contributed by atoms with Crippen LogP contribution in [0.25, 0.3) is 0 Å². The van der Waals surface area contributed by atoms with E-state index < -0.39 is 0 Å². The highest BCUT2D eigenvalue weighted by atomic mass is 32.2. The van der Waals surface area contributed by atoms with E-state index in [1.807, 2.05) is 13.8 Å². The standard InChI is InChI=1S/C10H12O2S/c1-6-5-8(11)7(2)10-9(6)12-3-4-13-10/h5,11H,3-4H2,1-2H3. The molecule has 3 heteroatoms. The van der Waals surface area contributed by atoms with E-state index in [1.54, 1.807) is 17.8 Å². The summed E-state index contributed by atoms with van der Waals surface area (Å²) in [5, 5.41) is 9.59. The van der Waals surface area contributed by atoms with E-state index in [-0.39, 0.29) is 0 Å². The zero-order valence-electron chi connectivity index (χ0n) is 7.76. The van der Waals surface area contributed by atoms with Crippen molar-refractivity contribution in [1.82, 2.24) is 0 Å². The second kappa shape index (κ2) is 3.14. The third-order valence-electron chi connectivity index (χ3n) is 2.22. The van der Waals surface area contributed by atoms with Crippen LogP contribution in [0.15, 0.2) is 11.0 Å². The summed E-state index contributed by atoms with van der Waals surface area (Å²) in [7, 11) is 0. The Kier molecular flexibility index (Phi) is 2.12. The van der Waals surface area contributed by atoms with Crippen molar-refractivity contribution in [1.29, 1.82) is 0 Å². The molecule has 1 aliphatic heterocycles. The van der Waals surface area contributed by atoms with Crippen molar-refractivity contribution in [2.45, 2.75) is 18.7 Å². The van der Waals surface area contributed by atoms with E-state index in [1.165, 1.54) is 0 Å². The van der Waals surface area contributed by atoms with Gasteiger partial charge in [0, 0.05) is 11.3 Å². The Balaban J connectivity index is 2.63. The summed E-state index contributed by atoms with van der Waals surface area (Å²) in [5.41, 5.74) is 1.95. The topological polar surface area (TPSA) is 29.5 Å². The fourth-order valence-electron chi connectivity index (χ4n) is 1.49. The molecule has 1 aliphatic rings. The fourth-order valence-corrected chi connectivity index (χ4v) is 2.53. The lowest BCUT2D eigenvalue weighted by atomic mass is 10.1. The summed E-state index contributed by atoms with van der Waals surface area (Å²) in [6.07, 6.45) is 0. The zero-order valence-corrected chi connectivity index (χ0v) is 8.57. The molecule has 0 radical (unpaired) electrons. The second-order valence-electron chi connectivity index (χ2n) is 3.19. The first kappa shape index (κ1) is 8.75. The maximum atomic E-state index is 9.59. The van der Waals surface area contributed by atoms with Gasteiger partial charge in [-0.05, 0) is 25.5 Å². The molecule has 1 aromatic rings. The first-order valence-electron chi connectivity index (χ1n) is 4.29. The van der Waals surface area contributed by atoms with Gasteiger partial charge in [-0.15, -0.1) is 11.8 Å². The quantitative estimate of drug-likeness (QED) is 0.691. The summed E-state index contributed by atoms with van der Waals surface area (Å²) in [6.45, 7) is 4.65. The summed E-state index contributed by atoms with van der Waals surface area (Å²) in [5.74, 6) is 2.29. The second-order valence-corrected chi connectivity index (χ2v) is 4.30. The van der Waals surface area contributed by atoms with Crippen LogP contribution >= 0.6 is 11.8 Å². The number of hydrogen-bond acceptors (Lipinski definition) is 3. The van der Waals surface area contributed by atoms with Gasteiger partial charge in [0.2, 0.25) is 0 Å². The maximum absolute atomic E-state index is 9.59. The molecule has 0 saturated carbocycles. The average molecular weight is 196 g/mol. The van der Waals surface area contributed by atoms with Gasteiger partial charge in [-0.1, -0.05) is 0 Å². The van der Waals surface area contributed by atoms with Crippen molar-refractivity contribution in [2.24, 2.45) is 0 Å². The first-order valence-corrected chi connectivity index (χ1v) is 5.27. The lowest BCUT2D eigenvalue weighted by Gasteiger charge is -2.21. The highest BCUT2D eigenvalue weighted by Gasteiger charge is 2.18. The van der Waals surface area contributed by atoms with Crippen molar-refractivity contribution in [3.8, 4) is 11.5 Å². The van der Waals surface area contributed by atoms with Crippen LogP contribution in [0.1, 0.15) is 11.1 Å². The molecule has 0 fully saturated rings. The minimum absolute atomic E-state index is 0.370. The van der Waals surface area contributed by atoms with E-state index in [0.717, 1.165) is 34.1 Å². The number of ether oxygens (including phenoxy) is 1. The molecule has 0 bridgehead atoms. The number of hydrogen-bond donors (Lipinski definition) is 1. The van der Waals surface area contributed by atoms with Crippen LogP contribution in [0.3, 0.4) is 0 Å². The molecule has 13 heavy (non-hydrogen) atoms. The van der Waals surface area contributed by atoms with Crippen molar-refractivity contribution in [2.75, 3.05) is 12.4 Å². The number of phenolic OH excluding ortho intramolecular Hbond substituents is 1. The van der Waals surface area contributed by atoms with Crippen LogP contribution in [0, 0.1) is 13.8 Å².